The number of hydrogen-bond acceptors (Lipinski definition) is 4. The van der Waals surface area contributed by atoms with Crippen molar-refractivity contribution in [2.45, 2.75) is 30.9 Å². The second kappa shape index (κ2) is 9.59. The first-order valence-corrected chi connectivity index (χ1v) is 8.26. The molecular weight excluding hydrogens is 384 g/mol. The highest BCUT2D eigenvalue weighted by atomic mass is 79.9. The van der Waals surface area contributed by atoms with Crippen molar-refractivity contribution in [3.8, 4) is 0 Å². The molecule has 5 nitrogen and oxygen atoms in total. The second-order valence-electron chi connectivity index (χ2n) is 5.55. The van der Waals surface area contributed by atoms with Crippen molar-refractivity contribution in [1.82, 2.24) is 5.32 Å². The van der Waals surface area contributed by atoms with Crippen LogP contribution in [0.1, 0.15) is 24.8 Å². The Hall–Kier alpha value is -0.660. The number of benzene rings is 1. The SMILES string of the molecule is COC(CN)CC(=O)NC1(c2ccc(Br)cc2)CCOCC1.Cl. The summed E-state index contributed by atoms with van der Waals surface area (Å²) < 4.78 is 11.7. The molecule has 1 aliphatic heterocycles. The van der Waals surface area contributed by atoms with E-state index in [1.165, 1.54) is 0 Å². The molecule has 0 spiro atoms. The first-order valence-electron chi connectivity index (χ1n) is 7.47. The van der Waals surface area contributed by atoms with Gasteiger partial charge in [-0.05, 0) is 30.5 Å². The zero-order valence-electron chi connectivity index (χ0n) is 13.2. The lowest BCUT2D eigenvalue weighted by molar-refractivity contribution is -0.126. The number of amides is 1. The van der Waals surface area contributed by atoms with Gasteiger partial charge in [0.05, 0.1) is 18.1 Å². The van der Waals surface area contributed by atoms with E-state index in [2.05, 4.69) is 21.2 Å². The smallest absolute Gasteiger partial charge is 0.223 e. The Bertz CT molecular complexity index is 489. The van der Waals surface area contributed by atoms with E-state index in [1.54, 1.807) is 7.11 Å². The third-order valence-electron chi connectivity index (χ3n) is 4.13. The number of hydrogen-bond donors (Lipinski definition) is 2. The van der Waals surface area contributed by atoms with Crippen LogP contribution in [0, 0.1) is 0 Å². The number of nitrogens with two attached hydrogens (primary N) is 1. The average molecular weight is 408 g/mol. The van der Waals surface area contributed by atoms with Gasteiger partial charge in [-0.1, -0.05) is 28.1 Å². The maximum absolute atomic E-state index is 12.4. The molecule has 1 heterocycles. The minimum absolute atomic E-state index is 0. The number of halogens is 2. The molecule has 1 aliphatic rings. The number of carbonyl (C=O) groups is 1. The first-order chi connectivity index (χ1) is 10.6. The predicted molar refractivity (Wildman–Crippen MR) is 95.7 cm³/mol. The van der Waals surface area contributed by atoms with Crippen molar-refractivity contribution in [1.29, 1.82) is 0 Å². The van der Waals surface area contributed by atoms with Crippen LogP contribution < -0.4 is 11.1 Å². The van der Waals surface area contributed by atoms with E-state index in [0.29, 0.717) is 19.8 Å². The Balaban J connectivity index is 0.00000264. The van der Waals surface area contributed by atoms with Gasteiger partial charge >= 0.3 is 0 Å². The second-order valence-corrected chi connectivity index (χ2v) is 6.46. The number of nitrogens with one attached hydrogen (secondary N) is 1. The summed E-state index contributed by atoms with van der Waals surface area (Å²) in [4.78, 5) is 12.4. The molecule has 1 saturated heterocycles. The Morgan fingerprint density at radius 2 is 2.00 bits per heavy atom. The molecule has 1 aromatic rings. The Labute approximate surface area is 151 Å². The van der Waals surface area contributed by atoms with E-state index in [1.807, 2.05) is 24.3 Å². The van der Waals surface area contributed by atoms with Gasteiger partial charge in [0.25, 0.3) is 0 Å². The number of methoxy groups -OCH3 is 1. The standard InChI is InChI=1S/C16H23BrN2O3.ClH/c1-21-14(11-18)10-15(20)19-16(6-8-22-9-7-16)12-2-4-13(17)5-3-12;/h2-5,14H,6-11,18H2,1H3,(H,19,20);1H. The van der Waals surface area contributed by atoms with Crippen molar-refractivity contribution in [2.24, 2.45) is 5.73 Å². The maximum atomic E-state index is 12.4. The molecule has 1 aromatic carbocycles. The highest BCUT2D eigenvalue weighted by Gasteiger charge is 2.36. The van der Waals surface area contributed by atoms with Gasteiger partial charge < -0.3 is 20.5 Å². The molecule has 130 valence electrons. The zero-order valence-corrected chi connectivity index (χ0v) is 15.6. The van der Waals surface area contributed by atoms with Crippen molar-refractivity contribution >= 4 is 34.2 Å². The third kappa shape index (κ3) is 5.43. The lowest BCUT2D eigenvalue weighted by Crippen LogP contribution is -2.50. The van der Waals surface area contributed by atoms with E-state index < -0.39 is 0 Å². The predicted octanol–water partition coefficient (Wildman–Crippen LogP) is 2.36. The zero-order chi connectivity index (χ0) is 16.0. The van der Waals surface area contributed by atoms with Gasteiger partial charge in [-0.15, -0.1) is 12.4 Å². The molecule has 0 radical (unpaired) electrons. The summed E-state index contributed by atoms with van der Waals surface area (Å²) in [7, 11) is 1.57. The topological polar surface area (TPSA) is 73.6 Å². The molecule has 23 heavy (non-hydrogen) atoms. The molecule has 0 saturated carbocycles. The van der Waals surface area contributed by atoms with E-state index in [-0.39, 0.29) is 36.4 Å². The first kappa shape index (κ1) is 20.4. The molecule has 1 amide bonds. The molecule has 0 aromatic heterocycles. The molecule has 1 unspecified atom stereocenters. The molecule has 2 rings (SSSR count). The lowest BCUT2D eigenvalue weighted by atomic mass is 9.82. The number of ether oxygens (including phenoxy) is 2. The van der Waals surface area contributed by atoms with Gasteiger partial charge in [0.15, 0.2) is 0 Å². The van der Waals surface area contributed by atoms with Gasteiger partial charge in [0.2, 0.25) is 5.91 Å². The van der Waals surface area contributed by atoms with Crippen molar-refractivity contribution in [2.75, 3.05) is 26.9 Å². The fraction of sp³-hybridized carbons (Fsp3) is 0.562. The Morgan fingerprint density at radius 1 is 1.39 bits per heavy atom. The Morgan fingerprint density at radius 3 is 2.52 bits per heavy atom. The normalized spacial score (nSPS) is 17.9. The molecular formula is C16H24BrClN2O3. The van der Waals surface area contributed by atoms with Gasteiger partial charge in [-0.3, -0.25) is 4.79 Å². The fourth-order valence-corrected chi connectivity index (χ4v) is 3.03. The van der Waals surface area contributed by atoms with Crippen LogP contribution in [0.25, 0.3) is 0 Å². The summed E-state index contributed by atoms with van der Waals surface area (Å²) in [5.41, 5.74) is 6.33. The minimum atomic E-state index is -0.372. The monoisotopic (exact) mass is 406 g/mol. The van der Waals surface area contributed by atoms with Crippen molar-refractivity contribution in [3.63, 3.8) is 0 Å². The van der Waals surface area contributed by atoms with Crippen LogP contribution in [-0.4, -0.2) is 38.9 Å². The van der Waals surface area contributed by atoms with Crippen LogP contribution in [0.5, 0.6) is 0 Å². The van der Waals surface area contributed by atoms with E-state index >= 15 is 0 Å². The van der Waals surface area contributed by atoms with E-state index in [0.717, 1.165) is 22.9 Å². The molecule has 1 fully saturated rings. The van der Waals surface area contributed by atoms with Crippen LogP contribution in [0.4, 0.5) is 0 Å². The summed E-state index contributed by atoms with van der Waals surface area (Å²) in [6.45, 7) is 1.61. The molecule has 3 N–H and O–H groups in total. The minimum Gasteiger partial charge on any atom is -0.381 e. The summed E-state index contributed by atoms with van der Waals surface area (Å²) in [5, 5.41) is 3.20. The summed E-state index contributed by atoms with van der Waals surface area (Å²) in [6.07, 6.45) is 1.55. The summed E-state index contributed by atoms with van der Waals surface area (Å²) in [5.74, 6) is -0.0397. The van der Waals surface area contributed by atoms with E-state index in [4.69, 9.17) is 15.2 Å². The van der Waals surface area contributed by atoms with Crippen molar-refractivity contribution < 1.29 is 14.3 Å². The number of carbonyl (C=O) groups excluding carboxylic acids is 1. The molecule has 1 atom stereocenters. The fourth-order valence-electron chi connectivity index (χ4n) is 2.76. The van der Waals surface area contributed by atoms with Crippen LogP contribution in [0.15, 0.2) is 28.7 Å². The van der Waals surface area contributed by atoms with Crippen LogP contribution in [0.2, 0.25) is 0 Å². The average Bonchev–Trinajstić information content (AvgIpc) is 2.54. The van der Waals surface area contributed by atoms with Crippen LogP contribution >= 0.6 is 28.3 Å². The summed E-state index contributed by atoms with van der Waals surface area (Å²) in [6, 6.07) is 8.09. The maximum Gasteiger partial charge on any atom is 0.223 e. The van der Waals surface area contributed by atoms with Crippen LogP contribution in [0.3, 0.4) is 0 Å². The highest BCUT2D eigenvalue weighted by molar-refractivity contribution is 9.10. The van der Waals surface area contributed by atoms with Gasteiger partial charge in [0.1, 0.15) is 0 Å². The van der Waals surface area contributed by atoms with Gasteiger partial charge in [0, 0.05) is 31.3 Å². The molecule has 7 heteroatoms. The Kier molecular flexibility index (Phi) is 8.50. The summed E-state index contributed by atoms with van der Waals surface area (Å²) >= 11 is 3.45. The third-order valence-corrected chi connectivity index (χ3v) is 4.66. The van der Waals surface area contributed by atoms with Gasteiger partial charge in [-0.2, -0.15) is 0 Å². The number of rotatable bonds is 6. The highest BCUT2D eigenvalue weighted by Crippen LogP contribution is 2.33. The largest absolute Gasteiger partial charge is 0.381 e. The van der Waals surface area contributed by atoms with Gasteiger partial charge in [-0.25, -0.2) is 0 Å². The van der Waals surface area contributed by atoms with Crippen molar-refractivity contribution in [3.05, 3.63) is 34.3 Å². The van der Waals surface area contributed by atoms with Crippen LogP contribution in [-0.2, 0) is 19.8 Å². The lowest BCUT2D eigenvalue weighted by Gasteiger charge is -2.39. The quantitative estimate of drug-likeness (QED) is 0.759. The molecule has 0 bridgehead atoms. The molecule has 0 aliphatic carbocycles. The van der Waals surface area contributed by atoms with E-state index in [9.17, 15) is 4.79 Å².